The van der Waals surface area contributed by atoms with Crippen molar-refractivity contribution in [3.05, 3.63) is 0 Å². The lowest BCUT2D eigenvalue weighted by molar-refractivity contribution is -0.123. The normalized spacial score (nSPS) is 14.9. The standard InChI is InChI=1S/C9H20N2O3/c1-3-8(10)9(13)11-7(4-5-12)6-14-2/h7-8,12H,3-6,10H2,1-2H3,(H,11,13)/t7?,8-/m0/s1. The fourth-order valence-electron chi connectivity index (χ4n) is 1.05. The molecule has 0 bridgehead atoms. The van der Waals surface area contributed by atoms with Crippen LogP contribution in [0.3, 0.4) is 0 Å². The van der Waals surface area contributed by atoms with Gasteiger partial charge in [0, 0.05) is 13.7 Å². The van der Waals surface area contributed by atoms with Crippen LogP contribution in [0.15, 0.2) is 0 Å². The van der Waals surface area contributed by atoms with Crippen molar-refractivity contribution < 1.29 is 14.6 Å². The minimum absolute atomic E-state index is 0.0235. The summed E-state index contributed by atoms with van der Waals surface area (Å²) in [7, 11) is 1.55. The van der Waals surface area contributed by atoms with Gasteiger partial charge in [0.15, 0.2) is 0 Å². The summed E-state index contributed by atoms with van der Waals surface area (Å²) >= 11 is 0. The highest BCUT2D eigenvalue weighted by atomic mass is 16.5. The number of hydrogen-bond donors (Lipinski definition) is 3. The van der Waals surface area contributed by atoms with Crippen LogP contribution in [0.4, 0.5) is 0 Å². The highest BCUT2D eigenvalue weighted by Crippen LogP contribution is 1.94. The second-order valence-electron chi connectivity index (χ2n) is 3.19. The molecular weight excluding hydrogens is 184 g/mol. The van der Waals surface area contributed by atoms with Crippen LogP contribution in [0.1, 0.15) is 19.8 Å². The maximum absolute atomic E-state index is 11.4. The summed E-state index contributed by atoms with van der Waals surface area (Å²) in [4.78, 5) is 11.4. The Morgan fingerprint density at radius 2 is 2.29 bits per heavy atom. The average Bonchev–Trinajstić information content (AvgIpc) is 2.17. The molecule has 0 fully saturated rings. The molecule has 0 saturated heterocycles. The smallest absolute Gasteiger partial charge is 0.237 e. The van der Waals surface area contributed by atoms with E-state index in [9.17, 15) is 4.79 Å². The number of methoxy groups -OCH3 is 1. The van der Waals surface area contributed by atoms with Gasteiger partial charge in [-0.15, -0.1) is 0 Å². The lowest BCUT2D eigenvalue weighted by atomic mass is 10.2. The van der Waals surface area contributed by atoms with Crippen LogP contribution in [0, 0.1) is 0 Å². The Morgan fingerprint density at radius 1 is 1.64 bits per heavy atom. The Labute approximate surface area is 84.6 Å². The second-order valence-corrected chi connectivity index (χ2v) is 3.19. The Morgan fingerprint density at radius 3 is 2.71 bits per heavy atom. The first-order valence-electron chi connectivity index (χ1n) is 4.81. The van der Waals surface area contributed by atoms with Gasteiger partial charge in [-0.05, 0) is 12.8 Å². The number of nitrogens with one attached hydrogen (secondary N) is 1. The predicted octanol–water partition coefficient (Wildman–Crippen LogP) is -0.763. The van der Waals surface area contributed by atoms with Crippen molar-refractivity contribution in [3.8, 4) is 0 Å². The van der Waals surface area contributed by atoms with Crippen LogP contribution in [0.5, 0.6) is 0 Å². The molecule has 5 nitrogen and oxygen atoms in total. The van der Waals surface area contributed by atoms with E-state index >= 15 is 0 Å². The Kier molecular flexibility index (Phi) is 7.37. The molecule has 0 radical (unpaired) electrons. The molecule has 0 aromatic rings. The molecule has 0 aliphatic carbocycles. The van der Waals surface area contributed by atoms with Crippen LogP contribution < -0.4 is 11.1 Å². The zero-order valence-corrected chi connectivity index (χ0v) is 8.82. The van der Waals surface area contributed by atoms with Gasteiger partial charge in [0.25, 0.3) is 0 Å². The molecule has 1 amide bonds. The Balaban J connectivity index is 3.94. The van der Waals surface area contributed by atoms with Crippen molar-refractivity contribution in [2.75, 3.05) is 20.3 Å². The molecule has 0 spiro atoms. The predicted molar refractivity (Wildman–Crippen MR) is 53.8 cm³/mol. The van der Waals surface area contributed by atoms with Crippen LogP contribution in [0.25, 0.3) is 0 Å². The molecule has 0 aromatic carbocycles. The molecule has 0 saturated carbocycles. The largest absolute Gasteiger partial charge is 0.396 e. The highest BCUT2D eigenvalue weighted by Gasteiger charge is 2.15. The molecule has 4 N–H and O–H groups in total. The van der Waals surface area contributed by atoms with E-state index in [1.165, 1.54) is 0 Å². The van der Waals surface area contributed by atoms with Gasteiger partial charge in [-0.3, -0.25) is 4.79 Å². The third-order valence-corrected chi connectivity index (χ3v) is 1.97. The maximum Gasteiger partial charge on any atom is 0.237 e. The first kappa shape index (κ1) is 13.4. The van der Waals surface area contributed by atoms with Crippen molar-refractivity contribution in [3.63, 3.8) is 0 Å². The van der Waals surface area contributed by atoms with E-state index in [1.54, 1.807) is 7.11 Å². The summed E-state index contributed by atoms with van der Waals surface area (Å²) in [5.41, 5.74) is 5.54. The van der Waals surface area contributed by atoms with Crippen LogP contribution in [0.2, 0.25) is 0 Å². The van der Waals surface area contributed by atoms with Gasteiger partial charge in [-0.2, -0.15) is 0 Å². The van der Waals surface area contributed by atoms with E-state index < -0.39 is 6.04 Å². The number of aliphatic hydroxyl groups is 1. The number of carbonyl (C=O) groups is 1. The van der Waals surface area contributed by atoms with Gasteiger partial charge in [0.1, 0.15) is 0 Å². The molecule has 14 heavy (non-hydrogen) atoms. The van der Waals surface area contributed by atoms with Gasteiger partial charge in [-0.25, -0.2) is 0 Å². The number of hydrogen-bond acceptors (Lipinski definition) is 4. The quantitative estimate of drug-likeness (QED) is 0.509. The zero-order valence-electron chi connectivity index (χ0n) is 8.82. The van der Waals surface area contributed by atoms with Gasteiger partial charge in [0.2, 0.25) is 5.91 Å². The molecule has 1 unspecified atom stereocenters. The first-order chi connectivity index (χ1) is 6.65. The topological polar surface area (TPSA) is 84.6 Å². The number of aliphatic hydroxyl groups excluding tert-OH is 1. The minimum Gasteiger partial charge on any atom is -0.396 e. The van der Waals surface area contributed by atoms with Crippen molar-refractivity contribution in [1.82, 2.24) is 5.32 Å². The van der Waals surface area contributed by atoms with E-state index in [2.05, 4.69) is 5.32 Å². The van der Waals surface area contributed by atoms with Crippen LogP contribution in [-0.2, 0) is 9.53 Å². The molecule has 0 rings (SSSR count). The van der Waals surface area contributed by atoms with Gasteiger partial charge in [-0.1, -0.05) is 6.92 Å². The summed E-state index contributed by atoms with van der Waals surface area (Å²) in [6, 6.07) is -0.636. The molecule has 0 heterocycles. The van der Waals surface area contributed by atoms with Crippen molar-refractivity contribution in [1.29, 1.82) is 0 Å². The van der Waals surface area contributed by atoms with Crippen molar-refractivity contribution in [2.24, 2.45) is 5.73 Å². The second kappa shape index (κ2) is 7.73. The third-order valence-electron chi connectivity index (χ3n) is 1.97. The summed E-state index contributed by atoms with van der Waals surface area (Å²) in [6.07, 6.45) is 1.08. The van der Waals surface area contributed by atoms with E-state index in [1.807, 2.05) is 6.92 Å². The van der Waals surface area contributed by atoms with Crippen molar-refractivity contribution >= 4 is 5.91 Å². The van der Waals surface area contributed by atoms with E-state index in [-0.39, 0.29) is 18.6 Å². The molecule has 5 heteroatoms. The highest BCUT2D eigenvalue weighted by molar-refractivity contribution is 5.81. The Bertz CT molecular complexity index is 158. The molecule has 84 valence electrons. The number of rotatable bonds is 7. The SMILES string of the molecule is CC[C@H](N)C(=O)NC(CCO)COC. The number of ether oxygens (including phenoxy) is 1. The molecule has 0 aromatic heterocycles. The average molecular weight is 204 g/mol. The summed E-state index contributed by atoms with van der Waals surface area (Å²) in [5, 5.41) is 11.5. The summed E-state index contributed by atoms with van der Waals surface area (Å²) in [5.74, 6) is -0.192. The van der Waals surface area contributed by atoms with Crippen LogP contribution in [-0.4, -0.2) is 43.4 Å². The lowest BCUT2D eigenvalue weighted by Gasteiger charge is -2.18. The van der Waals surface area contributed by atoms with Crippen molar-refractivity contribution in [2.45, 2.75) is 31.8 Å². The van der Waals surface area contributed by atoms with Gasteiger partial charge < -0.3 is 20.9 Å². The molecular formula is C9H20N2O3. The first-order valence-corrected chi connectivity index (χ1v) is 4.81. The fourth-order valence-corrected chi connectivity index (χ4v) is 1.05. The zero-order chi connectivity index (χ0) is 11.0. The number of nitrogens with two attached hydrogens (primary N) is 1. The number of carbonyl (C=O) groups excluding carboxylic acids is 1. The van der Waals surface area contributed by atoms with E-state index in [0.29, 0.717) is 19.4 Å². The fraction of sp³-hybridized carbons (Fsp3) is 0.889. The third kappa shape index (κ3) is 5.16. The monoisotopic (exact) mass is 204 g/mol. The minimum atomic E-state index is -0.479. The van der Waals surface area contributed by atoms with E-state index in [4.69, 9.17) is 15.6 Å². The molecule has 2 atom stereocenters. The van der Waals surface area contributed by atoms with E-state index in [0.717, 1.165) is 0 Å². The van der Waals surface area contributed by atoms with Gasteiger partial charge in [0.05, 0.1) is 18.7 Å². The summed E-state index contributed by atoms with van der Waals surface area (Å²) in [6.45, 7) is 2.26. The van der Waals surface area contributed by atoms with Crippen LogP contribution >= 0.6 is 0 Å². The number of amides is 1. The Hall–Kier alpha value is -0.650. The molecule has 0 aliphatic rings. The maximum atomic E-state index is 11.4. The lowest BCUT2D eigenvalue weighted by Crippen LogP contribution is -2.47. The van der Waals surface area contributed by atoms with Gasteiger partial charge >= 0.3 is 0 Å². The molecule has 0 aliphatic heterocycles. The summed E-state index contributed by atoms with van der Waals surface area (Å²) < 4.78 is 4.90.